The molecule has 84 valence electrons. The van der Waals surface area contributed by atoms with Gasteiger partial charge in [0.1, 0.15) is 0 Å². The van der Waals surface area contributed by atoms with Crippen LogP contribution in [0.4, 0.5) is 13.2 Å². The first-order valence-corrected chi connectivity index (χ1v) is 4.72. The number of hydrogen-bond acceptors (Lipinski definition) is 1. The van der Waals surface area contributed by atoms with Gasteiger partial charge in [0, 0.05) is 0 Å². The average molecular weight is 226 g/mol. The topological polar surface area (TPSA) is 20.2 Å². The number of alkyl halides is 3. The molecule has 0 amide bonds. The van der Waals surface area contributed by atoms with Crippen molar-refractivity contribution in [1.82, 2.24) is 0 Å². The minimum Gasteiger partial charge on any atom is -0.392 e. The third kappa shape index (κ3) is 1.88. The Morgan fingerprint density at radius 2 is 1.75 bits per heavy atom. The molecule has 0 fully saturated rings. The molecule has 0 heterocycles. The van der Waals surface area contributed by atoms with Crippen molar-refractivity contribution in [2.45, 2.75) is 12.8 Å². The van der Waals surface area contributed by atoms with Crippen LogP contribution in [0, 0.1) is 0 Å². The van der Waals surface area contributed by atoms with Crippen LogP contribution in [0.2, 0.25) is 0 Å². The number of benzene rings is 2. The smallest absolute Gasteiger partial charge is 0.392 e. The van der Waals surface area contributed by atoms with E-state index in [1.807, 2.05) is 0 Å². The largest absolute Gasteiger partial charge is 0.416 e. The summed E-state index contributed by atoms with van der Waals surface area (Å²) in [7, 11) is 0. The molecule has 0 aliphatic carbocycles. The fraction of sp³-hybridized carbons (Fsp3) is 0.167. The number of aliphatic hydroxyl groups is 1. The molecular formula is C12H9F3O. The van der Waals surface area contributed by atoms with Crippen LogP contribution in [0.5, 0.6) is 0 Å². The third-order valence-electron chi connectivity index (χ3n) is 2.45. The second-order valence-corrected chi connectivity index (χ2v) is 3.51. The number of rotatable bonds is 1. The molecule has 1 nitrogen and oxygen atoms in total. The molecule has 2 aromatic carbocycles. The van der Waals surface area contributed by atoms with Crippen LogP contribution in [0.1, 0.15) is 11.1 Å². The summed E-state index contributed by atoms with van der Waals surface area (Å²) in [6, 6.07) is 8.78. The zero-order chi connectivity index (χ0) is 11.8. The Balaban J connectivity index is 2.73. The standard InChI is InChI=1S/C12H9F3O/c13-12(14,15)10-5-8-3-1-2-4-11(8)9(6-10)7-16/h1-6,16H,7H2. The van der Waals surface area contributed by atoms with Gasteiger partial charge in [-0.1, -0.05) is 24.3 Å². The average Bonchev–Trinajstić information content (AvgIpc) is 2.26. The van der Waals surface area contributed by atoms with E-state index >= 15 is 0 Å². The fourth-order valence-corrected chi connectivity index (χ4v) is 1.68. The second kappa shape index (κ2) is 3.79. The summed E-state index contributed by atoms with van der Waals surface area (Å²) in [5, 5.41) is 10.2. The number of halogens is 3. The van der Waals surface area contributed by atoms with E-state index in [0.29, 0.717) is 16.3 Å². The molecule has 0 atom stereocenters. The molecule has 0 bridgehead atoms. The highest BCUT2D eigenvalue weighted by Gasteiger charge is 2.31. The lowest BCUT2D eigenvalue weighted by Gasteiger charge is -2.11. The quantitative estimate of drug-likeness (QED) is 0.790. The van der Waals surface area contributed by atoms with E-state index in [2.05, 4.69) is 0 Å². The van der Waals surface area contributed by atoms with Crippen molar-refractivity contribution in [2.75, 3.05) is 0 Å². The maximum atomic E-state index is 12.6. The van der Waals surface area contributed by atoms with Crippen molar-refractivity contribution in [1.29, 1.82) is 0 Å². The van der Waals surface area contributed by atoms with Gasteiger partial charge in [-0.05, 0) is 28.5 Å². The Morgan fingerprint density at radius 3 is 2.38 bits per heavy atom. The summed E-state index contributed by atoms with van der Waals surface area (Å²) in [6.07, 6.45) is -4.38. The van der Waals surface area contributed by atoms with Gasteiger partial charge in [0.25, 0.3) is 0 Å². The lowest BCUT2D eigenvalue weighted by atomic mass is 10.0. The molecule has 0 aromatic heterocycles. The molecule has 1 N–H and O–H groups in total. The first kappa shape index (κ1) is 11.0. The molecule has 0 unspecified atom stereocenters. The molecule has 4 heteroatoms. The molecule has 2 rings (SSSR count). The summed E-state index contributed by atoms with van der Waals surface area (Å²) in [5.74, 6) is 0. The van der Waals surface area contributed by atoms with Crippen molar-refractivity contribution in [3.05, 3.63) is 47.5 Å². The van der Waals surface area contributed by atoms with E-state index in [1.165, 1.54) is 0 Å². The van der Waals surface area contributed by atoms with E-state index in [9.17, 15) is 13.2 Å². The fourth-order valence-electron chi connectivity index (χ4n) is 1.68. The van der Waals surface area contributed by atoms with Gasteiger partial charge in [0.2, 0.25) is 0 Å². The van der Waals surface area contributed by atoms with E-state index in [-0.39, 0.29) is 0 Å². The Kier molecular flexibility index (Phi) is 2.59. The molecule has 16 heavy (non-hydrogen) atoms. The van der Waals surface area contributed by atoms with Crippen molar-refractivity contribution in [3.8, 4) is 0 Å². The summed E-state index contributed by atoms with van der Waals surface area (Å²) in [4.78, 5) is 0. The summed E-state index contributed by atoms with van der Waals surface area (Å²) >= 11 is 0. The van der Waals surface area contributed by atoms with E-state index in [1.54, 1.807) is 24.3 Å². The van der Waals surface area contributed by atoms with Crippen LogP contribution in [-0.4, -0.2) is 5.11 Å². The van der Waals surface area contributed by atoms with Crippen LogP contribution in [0.25, 0.3) is 10.8 Å². The summed E-state index contributed by atoms with van der Waals surface area (Å²) < 4.78 is 37.7. The predicted octanol–water partition coefficient (Wildman–Crippen LogP) is 3.35. The molecule has 0 saturated carbocycles. The summed E-state index contributed by atoms with van der Waals surface area (Å²) in [5.41, 5.74) is -0.430. The van der Waals surface area contributed by atoms with Crippen molar-refractivity contribution >= 4 is 10.8 Å². The Bertz CT molecular complexity index is 517. The van der Waals surface area contributed by atoms with Gasteiger partial charge in [-0.15, -0.1) is 0 Å². The highest BCUT2D eigenvalue weighted by atomic mass is 19.4. The van der Waals surface area contributed by atoms with Crippen LogP contribution >= 0.6 is 0 Å². The lowest BCUT2D eigenvalue weighted by molar-refractivity contribution is -0.137. The molecule has 0 radical (unpaired) electrons. The van der Waals surface area contributed by atoms with Gasteiger partial charge in [0.05, 0.1) is 12.2 Å². The van der Waals surface area contributed by atoms with Crippen LogP contribution < -0.4 is 0 Å². The number of aliphatic hydroxyl groups excluding tert-OH is 1. The third-order valence-corrected chi connectivity index (χ3v) is 2.45. The highest BCUT2D eigenvalue weighted by Crippen LogP contribution is 2.33. The molecule has 2 aromatic rings. The minimum atomic E-state index is -4.38. The van der Waals surface area contributed by atoms with Gasteiger partial charge in [0.15, 0.2) is 0 Å². The normalized spacial score (nSPS) is 12.0. The van der Waals surface area contributed by atoms with E-state index < -0.39 is 18.3 Å². The Morgan fingerprint density at radius 1 is 1.06 bits per heavy atom. The maximum absolute atomic E-state index is 12.6. The molecule has 0 saturated heterocycles. The van der Waals surface area contributed by atoms with E-state index in [4.69, 9.17) is 5.11 Å². The summed E-state index contributed by atoms with van der Waals surface area (Å²) in [6.45, 7) is -0.398. The van der Waals surface area contributed by atoms with Crippen molar-refractivity contribution < 1.29 is 18.3 Å². The van der Waals surface area contributed by atoms with Gasteiger partial charge in [-0.3, -0.25) is 0 Å². The van der Waals surface area contributed by atoms with Gasteiger partial charge >= 0.3 is 6.18 Å². The lowest BCUT2D eigenvalue weighted by Crippen LogP contribution is -2.05. The van der Waals surface area contributed by atoms with Crippen LogP contribution in [0.3, 0.4) is 0 Å². The predicted molar refractivity (Wildman–Crippen MR) is 54.9 cm³/mol. The van der Waals surface area contributed by atoms with Crippen molar-refractivity contribution in [2.24, 2.45) is 0 Å². The number of fused-ring (bicyclic) bond motifs is 1. The first-order valence-electron chi connectivity index (χ1n) is 4.72. The van der Waals surface area contributed by atoms with Gasteiger partial charge in [-0.2, -0.15) is 13.2 Å². The van der Waals surface area contributed by atoms with Crippen LogP contribution in [0.15, 0.2) is 36.4 Å². The minimum absolute atomic E-state index is 0.297. The van der Waals surface area contributed by atoms with E-state index in [0.717, 1.165) is 12.1 Å². The highest BCUT2D eigenvalue weighted by molar-refractivity contribution is 5.86. The molecule has 0 aliphatic heterocycles. The van der Waals surface area contributed by atoms with Crippen LogP contribution in [-0.2, 0) is 12.8 Å². The van der Waals surface area contributed by atoms with Gasteiger partial charge < -0.3 is 5.11 Å². The van der Waals surface area contributed by atoms with Gasteiger partial charge in [-0.25, -0.2) is 0 Å². The Hall–Kier alpha value is -1.55. The first-order chi connectivity index (χ1) is 7.52. The monoisotopic (exact) mass is 226 g/mol. The number of hydrogen-bond donors (Lipinski definition) is 1. The molecular weight excluding hydrogens is 217 g/mol. The second-order valence-electron chi connectivity index (χ2n) is 3.51. The van der Waals surface area contributed by atoms with Crippen molar-refractivity contribution in [3.63, 3.8) is 0 Å². The zero-order valence-electron chi connectivity index (χ0n) is 8.25. The Labute approximate surface area is 90.1 Å². The molecule has 0 aliphatic rings. The zero-order valence-corrected chi connectivity index (χ0v) is 8.25. The molecule has 0 spiro atoms. The SMILES string of the molecule is OCc1cc(C(F)(F)F)cc2ccccc12. The maximum Gasteiger partial charge on any atom is 0.416 e.